The highest BCUT2D eigenvalue weighted by molar-refractivity contribution is 7.90. The van der Waals surface area contributed by atoms with E-state index >= 15 is 0 Å². The normalized spacial score (nSPS) is 15.3. The summed E-state index contributed by atoms with van der Waals surface area (Å²) in [6.45, 7) is 1.12. The van der Waals surface area contributed by atoms with Crippen LogP contribution in [0.25, 0.3) is 10.2 Å². The summed E-state index contributed by atoms with van der Waals surface area (Å²) < 4.78 is 26.1. The van der Waals surface area contributed by atoms with Gasteiger partial charge in [-0.1, -0.05) is 30.3 Å². The van der Waals surface area contributed by atoms with Crippen molar-refractivity contribution < 1.29 is 18.0 Å². The van der Waals surface area contributed by atoms with Crippen LogP contribution in [0.5, 0.6) is 0 Å². The molecule has 4 N–H and O–H groups in total. The van der Waals surface area contributed by atoms with Gasteiger partial charge in [0.15, 0.2) is 0 Å². The van der Waals surface area contributed by atoms with Gasteiger partial charge in [0, 0.05) is 23.7 Å². The Hall–Kier alpha value is -3.76. The SMILES string of the molecule is CC(=O)NS(=O)(=O)c1ccc(NC(=O)c2sc3nc4c(cc3c2N)CC(c2ccccc2)CC4)cc1. The molecule has 2 aromatic carbocycles. The van der Waals surface area contributed by atoms with Crippen LogP contribution in [0.1, 0.15) is 45.8 Å². The third-order valence-electron chi connectivity index (χ3n) is 6.26. The standard InChI is InChI=1S/C26H24N4O4S2/c1-15(31)30-36(33,34)20-10-8-19(9-11-20)28-25(32)24-23(27)21-14-18-13-17(16-5-3-2-4-6-16)7-12-22(18)29-26(21)35-24/h2-6,8-11,14,17H,7,12-13,27H2,1H3,(H,28,32)(H,30,31). The van der Waals surface area contributed by atoms with Crippen molar-refractivity contribution in [2.24, 2.45) is 0 Å². The van der Waals surface area contributed by atoms with E-state index in [1.807, 2.05) is 10.8 Å². The fourth-order valence-electron chi connectivity index (χ4n) is 4.52. The summed E-state index contributed by atoms with van der Waals surface area (Å²) in [4.78, 5) is 30.0. The molecule has 1 aliphatic rings. The van der Waals surface area contributed by atoms with E-state index in [-0.39, 0.29) is 4.90 Å². The number of fused-ring (bicyclic) bond motifs is 2. The van der Waals surface area contributed by atoms with Crippen molar-refractivity contribution in [3.63, 3.8) is 0 Å². The number of amides is 2. The first-order chi connectivity index (χ1) is 17.2. The largest absolute Gasteiger partial charge is 0.397 e. The fourth-order valence-corrected chi connectivity index (χ4v) is 6.50. The summed E-state index contributed by atoms with van der Waals surface area (Å²) in [6, 6.07) is 18.1. The van der Waals surface area contributed by atoms with Gasteiger partial charge in [-0.2, -0.15) is 0 Å². The van der Waals surface area contributed by atoms with Gasteiger partial charge in [-0.05, 0) is 66.6 Å². The maximum absolute atomic E-state index is 13.0. The van der Waals surface area contributed by atoms with Gasteiger partial charge in [-0.25, -0.2) is 18.1 Å². The molecule has 0 spiro atoms. The van der Waals surface area contributed by atoms with Crippen LogP contribution in [-0.2, 0) is 27.7 Å². The zero-order valence-corrected chi connectivity index (χ0v) is 21.1. The average Bonchev–Trinajstić information content (AvgIpc) is 3.18. The topological polar surface area (TPSA) is 131 Å². The van der Waals surface area contributed by atoms with E-state index in [0.717, 1.165) is 47.7 Å². The van der Waals surface area contributed by atoms with E-state index in [4.69, 9.17) is 10.7 Å². The Morgan fingerprint density at radius 1 is 1.08 bits per heavy atom. The van der Waals surface area contributed by atoms with Gasteiger partial charge in [0.25, 0.3) is 15.9 Å². The van der Waals surface area contributed by atoms with Crippen LogP contribution < -0.4 is 15.8 Å². The number of anilines is 2. The summed E-state index contributed by atoms with van der Waals surface area (Å²) >= 11 is 1.24. The highest BCUT2D eigenvalue weighted by atomic mass is 32.2. The number of thiophene rings is 1. The maximum atomic E-state index is 13.0. The molecule has 184 valence electrons. The highest BCUT2D eigenvalue weighted by Gasteiger charge is 2.25. The van der Waals surface area contributed by atoms with E-state index in [9.17, 15) is 18.0 Å². The second-order valence-electron chi connectivity index (χ2n) is 8.78. The zero-order chi connectivity index (χ0) is 25.4. The number of nitrogen functional groups attached to an aromatic ring is 1. The van der Waals surface area contributed by atoms with Crippen LogP contribution >= 0.6 is 11.3 Å². The maximum Gasteiger partial charge on any atom is 0.267 e. The minimum atomic E-state index is -3.95. The van der Waals surface area contributed by atoms with Crippen molar-refractivity contribution in [2.45, 2.75) is 37.0 Å². The fraction of sp³-hybridized carbons (Fsp3) is 0.192. The zero-order valence-electron chi connectivity index (χ0n) is 19.4. The average molecular weight is 521 g/mol. The third-order valence-corrected chi connectivity index (χ3v) is 8.83. The van der Waals surface area contributed by atoms with Crippen LogP contribution in [0, 0.1) is 0 Å². The minimum Gasteiger partial charge on any atom is -0.397 e. The number of hydrogen-bond donors (Lipinski definition) is 3. The number of sulfonamides is 1. The predicted molar refractivity (Wildman–Crippen MR) is 141 cm³/mol. The summed E-state index contributed by atoms with van der Waals surface area (Å²) in [5.74, 6) is -0.649. The first kappa shape index (κ1) is 24.0. The molecule has 0 radical (unpaired) electrons. The molecule has 4 aromatic rings. The second-order valence-corrected chi connectivity index (χ2v) is 11.5. The Morgan fingerprint density at radius 2 is 1.81 bits per heavy atom. The summed E-state index contributed by atoms with van der Waals surface area (Å²) in [5.41, 5.74) is 10.7. The second kappa shape index (κ2) is 9.36. The molecule has 0 saturated carbocycles. The van der Waals surface area contributed by atoms with Crippen molar-refractivity contribution in [1.29, 1.82) is 0 Å². The lowest BCUT2D eigenvalue weighted by atomic mass is 9.82. The van der Waals surface area contributed by atoms with E-state index in [0.29, 0.717) is 22.2 Å². The summed E-state index contributed by atoms with van der Waals surface area (Å²) in [5, 5.41) is 3.53. The number of aryl methyl sites for hydroxylation is 1. The highest BCUT2D eigenvalue weighted by Crippen LogP contribution is 2.38. The van der Waals surface area contributed by atoms with Crippen LogP contribution in [0.3, 0.4) is 0 Å². The molecule has 10 heteroatoms. The molecular formula is C26H24N4O4S2. The third kappa shape index (κ3) is 4.69. The Kier molecular flexibility index (Phi) is 6.23. The van der Waals surface area contributed by atoms with Crippen molar-refractivity contribution in [2.75, 3.05) is 11.1 Å². The number of benzene rings is 2. The van der Waals surface area contributed by atoms with Gasteiger partial charge in [-0.3, -0.25) is 9.59 Å². The number of hydrogen-bond acceptors (Lipinski definition) is 7. The molecule has 2 aromatic heterocycles. The monoisotopic (exact) mass is 520 g/mol. The van der Waals surface area contributed by atoms with E-state index in [1.165, 1.54) is 41.2 Å². The van der Waals surface area contributed by atoms with Crippen molar-refractivity contribution >= 4 is 54.8 Å². The quantitative estimate of drug-likeness (QED) is 0.361. The number of nitrogens with one attached hydrogen (secondary N) is 2. The van der Waals surface area contributed by atoms with Gasteiger partial charge < -0.3 is 11.1 Å². The smallest absolute Gasteiger partial charge is 0.267 e. The van der Waals surface area contributed by atoms with Gasteiger partial charge in [-0.15, -0.1) is 11.3 Å². The minimum absolute atomic E-state index is 0.0827. The number of nitrogens with zero attached hydrogens (tertiary/aromatic N) is 1. The molecule has 1 atom stereocenters. The Morgan fingerprint density at radius 3 is 2.50 bits per heavy atom. The lowest BCUT2D eigenvalue weighted by molar-refractivity contribution is -0.117. The first-order valence-corrected chi connectivity index (χ1v) is 13.7. The van der Waals surface area contributed by atoms with E-state index < -0.39 is 21.8 Å². The molecule has 36 heavy (non-hydrogen) atoms. The van der Waals surface area contributed by atoms with Crippen LogP contribution in [0.2, 0.25) is 0 Å². The molecule has 1 aliphatic carbocycles. The molecule has 0 saturated heterocycles. The number of aromatic nitrogens is 1. The number of carbonyl (C=O) groups is 2. The van der Waals surface area contributed by atoms with Gasteiger partial charge in [0.05, 0.1) is 10.6 Å². The number of carbonyl (C=O) groups excluding carboxylic acids is 2. The summed E-state index contributed by atoms with van der Waals surface area (Å²) in [7, 11) is -3.95. The van der Waals surface area contributed by atoms with Crippen molar-refractivity contribution in [3.8, 4) is 0 Å². The Bertz CT molecular complexity index is 1580. The van der Waals surface area contributed by atoms with E-state index in [2.05, 4.69) is 35.6 Å². The van der Waals surface area contributed by atoms with Crippen molar-refractivity contribution in [3.05, 3.63) is 82.4 Å². The molecule has 2 amide bonds. The van der Waals surface area contributed by atoms with Crippen LogP contribution in [0.4, 0.5) is 11.4 Å². The first-order valence-electron chi connectivity index (χ1n) is 11.4. The molecule has 8 nitrogen and oxygen atoms in total. The molecule has 5 rings (SSSR count). The molecular weight excluding hydrogens is 496 g/mol. The van der Waals surface area contributed by atoms with Crippen molar-refractivity contribution in [1.82, 2.24) is 9.71 Å². The number of nitrogens with two attached hydrogens (primary N) is 1. The van der Waals surface area contributed by atoms with Gasteiger partial charge in [0.2, 0.25) is 5.91 Å². The Balaban J connectivity index is 1.37. The van der Waals surface area contributed by atoms with Gasteiger partial charge in [0.1, 0.15) is 9.71 Å². The molecule has 2 heterocycles. The predicted octanol–water partition coefficient (Wildman–Crippen LogP) is 4.23. The van der Waals surface area contributed by atoms with Gasteiger partial charge >= 0.3 is 0 Å². The van der Waals surface area contributed by atoms with Crippen LogP contribution in [0.15, 0.2) is 65.6 Å². The van der Waals surface area contributed by atoms with Crippen LogP contribution in [-0.4, -0.2) is 25.2 Å². The lowest BCUT2D eigenvalue weighted by Crippen LogP contribution is -2.28. The Labute approximate surface area is 212 Å². The number of pyridine rings is 1. The molecule has 1 unspecified atom stereocenters. The van der Waals surface area contributed by atoms with E-state index in [1.54, 1.807) is 0 Å². The molecule has 0 fully saturated rings. The molecule has 0 aliphatic heterocycles. The number of rotatable bonds is 5. The molecule has 0 bridgehead atoms. The summed E-state index contributed by atoms with van der Waals surface area (Å²) in [6.07, 6.45) is 2.78. The lowest BCUT2D eigenvalue weighted by Gasteiger charge is -2.24.